The highest BCUT2D eigenvalue weighted by molar-refractivity contribution is 5.15. The van der Waals surface area contributed by atoms with Gasteiger partial charge in [0.05, 0.1) is 6.10 Å². The van der Waals surface area contributed by atoms with Crippen LogP contribution in [0.15, 0.2) is 43.0 Å². The van der Waals surface area contributed by atoms with Crippen molar-refractivity contribution < 1.29 is 5.11 Å². The van der Waals surface area contributed by atoms with Crippen LogP contribution in [0.5, 0.6) is 0 Å². The summed E-state index contributed by atoms with van der Waals surface area (Å²) in [6.07, 6.45) is 4.39. The van der Waals surface area contributed by atoms with Gasteiger partial charge in [0.25, 0.3) is 0 Å². The van der Waals surface area contributed by atoms with Gasteiger partial charge >= 0.3 is 0 Å². The van der Waals surface area contributed by atoms with E-state index in [4.69, 9.17) is 0 Å². The molecule has 0 aromatic heterocycles. The maximum Gasteiger partial charge on any atom is 0.0642 e. The van der Waals surface area contributed by atoms with E-state index in [1.807, 2.05) is 24.3 Å². The molecule has 0 unspecified atom stereocenters. The maximum absolute atomic E-state index is 10.0. The Morgan fingerprint density at radius 3 is 2.53 bits per heavy atom. The van der Waals surface area contributed by atoms with Gasteiger partial charge in [-0.1, -0.05) is 49.8 Å². The summed E-state index contributed by atoms with van der Waals surface area (Å²) in [6.45, 7) is 5.91. The fourth-order valence-electron chi connectivity index (χ4n) is 1.81. The van der Waals surface area contributed by atoms with Crippen LogP contribution in [-0.4, -0.2) is 11.2 Å². The lowest BCUT2D eigenvalue weighted by Gasteiger charge is -2.18. The van der Waals surface area contributed by atoms with E-state index in [1.165, 1.54) is 5.56 Å². The molecule has 0 amide bonds. The Hall–Kier alpha value is -1.08. The molecule has 0 saturated heterocycles. The van der Waals surface area contributed by atoms with E-state index in [-0.39, 0.29) is 12.0 Å². The van der Waals surface area contributed by atoms with Gasteiger partial charge in [-0.3, -0.25) is 0 Å². The van der Waals surface area contributed by atoms with Gasteiger partial charge in [0.15, 0.2) is 0 Å². The average Bonchev–Trinajstić information content (AvgIpc) is 2.27. The first-order valence-corrected chi connectivity index (χ1v) is 5.62. The molecule has 0 aliphatic rings. The zero-order chi connectivity index (χ0) is 11.1. The van der Waals surface area contributed by atoms with Crippen molar-refractivity contribution in [1.82, 2.24) is 0 Å². The Balaban J connectivity index is 2.53. The summed E-state index contributed by atoms with van der Waals surface area (Å²) in [5.74, 6) is 0.218. The highest BCUT2D eigenvalue weighted by atomic mass is 16.3. The summed E-state index contributed by atoms with van der Waals surface area (Å²) >= 11 is 0. The first-order valence-electron chi connectivity index (χ1n) is 5.62. The van der Waals surface area contributed by atoms with Crippen molar-refractivity contribution in [2.75, 3.05) is 0 Å². The largest absolute Gasteiger partial charge is 0.392 e. The molecule has 0 aliphatic heterocycles. The molecule has 1 nitrogen and oxygen atoms in total. The number of rotatable bonds is 6. The zero-order valence-corrected chi connectivity index (χ0v) is 9.39. The number of benzene rings is 1. The molecule has 0 heterocycles. The number of aliphatic hydroxyl groups excluding tert-OH is 1. The molecule has 1 N–H and O–H groups in total. The van der Waals surface area contributed by atoms with Gasteiger partial charge in [0.1, 0.15) is 0 Å². The molecule has 15 heavy (non-hydrogen) atoms. The Morgan fingerprint density at radius 2 is 2.00 bits per heavy atom. The summed E-state index contributed by atoms with van der Waals surface area (Å²) in [5, 5.41) is 10.0. The van der Waals surface area contributed by atoms with Crippen LogP contribution in [0.2, 0.25) is 0 Å². The minimum Gasteiger partial charge on any atom is -0.392 e. The minimum absolute atomic E-state index is 0.218. The van der Waals surface area contributed by atoms with Crippen LogP contribution < -0.4 is 0 Å². The Bertz CT molecular complexity index is 279. The SMILES string of the molecule is C=C[C@H](CCC)[C@@H](O)Cc1ccccc1. The smallest absolute Gasteiger partial charge is 0.0642 e. The second-order valence-electron chi connectivity index (χ2n) is 3.95. The predicted octanol–water partition coefficient (Wildman–Crippen LogP) is 3.19. The van der Waals surface area contributed by atoms with E-state index in [0.717, 1.165) is 19.3 Å². The molecule has 1 heteroatoms. The van der Waals surface area contributed by atoms with E-state index < -0.39 is 0 Å². The first-order chi connectivity index (χ1) is 7.27. The lowest BCUT2D eigenvalue weighted by atomic mass is 9.92. The molecular formula is C14H20O. The molecule has 0 saturated carbocycles. The Kier molecular flexibility index (Phi) is 5.13. The van der Waals surface area contributed by atoms with Gasteiger partial charge in [-0.25, -0.2) is 0 Å². The summed E-state index contributed by atoms with van der Waals surface area (Å²) < 4.78 is 0. The van der Waals surface area contributed by atoms with Crippen molar-refractivity contribution in [2.24, 2.45) is 5.92 Å². The van der Waals surface area contributed by atoms with Crippen LogP contribution in [0.25, 0.3) is 0 Å². The van der Waals surface area contributed by atoms with Crippen LogP contribution in [0.3, 0.4) is 0 Å². The van der Waals surface area contributed by atoms with Gasteiger partial charge in [0.2, 0.25) is 0 Å². The van der Waals surface area contributed by atoms with Crippen molar-refractivity contribution in [3.8, 4) is 0 Å². The summed E-state index contributed by atoms with van der Waals surface area (Å²) in [6, 6.07) is 10.1. The van der Waals surface area contributed by atoms with Crippen LogP contribution in [-0.2, 0) is 6.42 Å². The third-order valence-electron chi connectivity index (χ3n) is 2.71. The standard InChI is InChI=1S/C14H20O/c1-3-8-13(4-2)14(15)11-12-9-6-5-7-10-12/h4-7,9-10,13-15H,2-3,8,11H2,1H3/t13-,14+/m1/s1. The van der Waals surface area contributed by atoms with Crippen molar-refractivity contribution in [1.29, 1.82) is 0 Å². The molecular weight excluding hydrogens is 184 g/mol. The molecule has 0 bridgehead atoms. The summed E-state index contributed by atoms with van der Waals surface area (Å²) in [4.78, 5) is 0. The molecule has 1 rings (SSSR count). The van der Waals surface area contributed by atoms with E-state index in [9.17, 15) is 5.11 Å². The van der Waals surface area contributed by atoms with Gasteiger partial charge in [0, 0.05) is 5.92 Å². The Morgan fingerprint density at radius 1 is 1.33 bits per heavy atom. The van der Waals surface area contributed by atoms with Crippen LogP contribution in [0.4, 0.5) is 0 Å². The van der Waals surface area contributed by atoms with Crippen LogP contribution >= 0.6 is 0 Å². The molecule has 0 spiro atoms. The van der Waals surface area contributed by atoms with Crippen molar-refractivity contribution in [3.05, 3.63) is 48.6 Å². The number of hydrogen-bond donors (Lipinski definition) is 1. The fraction of sp³-hybridized carbons (Fsp3) is 0.429. The van der Waals surface area contributed by atoms with Crippen molar-refractivity contribution >= 4 is 0 Å². The molecule has 0 fully saturated rings. The third kappa shape index (κ3) is 3.88. The lowest BCUT2D eigenvalue weighted by Crippen LogP contribution is -2.20. The van der Waals surface area contributed by atoms with Gasteiger partial charge < -0.3 is 5.11 Å². The minimum atomic E-state index is -0.301. The fourth-order valence-corrected chi connectivity index (χ4v) is 1.81. The first kappa shape index (κ1) is 12.0. The highest BCUT2D eigenvalue weighted by Gasteiger charge is 2.15. The molecule has 0 aliphatic carbocycles. The topological polar surface area (TPSA) is 20.2 Å². The Labute approximate surface area is 92.5 Å². The molecule has 1 aromatic rings. The summed E-state index contributed by atoms with van der Waals surface area (Å²) in [5.41, 5.74) is 1.19. The summed E-state index contributed by atoms with van der Waals surface area (Å²) in [7, 11) is 0. The molecule has 2 atom stereocenters. The van der Waals surface area contributed by atoms with E-state index in [2.05, 4.69) is 25.6 Å². The van der Waals surface area contributed by atoms with Crippen LogP contribution in [0, 0.1) is 5.92 Å². The third-order valence-corrected chi connectivity index (χ3v) is 2.71. The maximum atomic E-state index is 10.0. The molecule has 82 valence electrons. The lowest BCUT2D eigenvalue weighted by molar-refractivity contribution is 0.125. The quantitative estimate of drug-likeness (QED) is 0.705. The van der Waals surface area contributed by atoms with Gasteiger partial charge in [-0.15, -0.1) is 6.58 Å². The molecule has 1 aromatic carbocycles. The van der Waals surface area contributed by atoms with E-state index in [0.29, 0.717) is 0 Å². The normalized spacial score (nSPS) is 14.5. The average molecular weight is 204 g/mol. The van der Waals surface area contributed by atoms with Crippen LogP contribution in [0.1, 0.15) is 25.3 Å². The second kappa shape index (κ2) is 6.41. The number of hydrogen-bond acceptors (Lipinski definition) is 1. The van der Waals surface area contributed by atoms with Gasteiger partial charge in [-0.05, 0) is 18.4 Å². The second-order valence-corrected chi connectivity index (χ2v) is 3.95. The monoisotopic (exact) mass is 204 g/mol. The predicted molar refractivity (Wildman–Crippen MR) is 64.7 cm³/mol. The van der Waals surface area contributed by atoms with E-state index >= 15 is 0 Å². The highest BCUT2D eigenvalue weighted by Crippen LogP contribution is 2.16. The van der Waals surface area contributed by atoms with Gasteiger partial charge in [-0.2, -0.15) is 0 Å². The number of aliphatic hydroxyl groups is 1. The zero-order valence-electron chi connectivity index (χ0n) is 9.39. The van der Waals surface area contributed by atoms with E-state index in [1.54, 1.807) is 0 Å². The molecule has 0 radical (unpaired) electrons. The van der Waals surface area contributed by atoms with Crippen molar-refractivity contribution in [3.63, 3.8) is 0 Å². The van der Waals surface area contributed by atoms with Crippen molar-refractivity contribution in [2.45, 2.75) is 32.3 Å².